The van der Waals surface area contributed by atoms with Crippen molar-refractivity contribution in [3.05, 3.63) is 60.5 Å². The van der Waals surface area contributed by atoms with Crippen molar-refractivity contribution in [3.63, 3.8) is 0 Å². The SMILES string of the molecule is O=C(NCCc1ccc2ocnc2c1)Nc1ccccc1. The highest BCUT2D eigenvalue weighted by atomic mass is 16.3. The number of benzene rings is 2. The minimum Gasteiger partial charge on any atom is -0.443 e. The third-order valence-corrected chi connectivity index (χ3v) is 3.13. The zero-order chi connectivity index (χ0) is 14.5. The Labute approximate surface area is 122 Å². The first-order chi connectivity index (χ1) is 10.3. The van der Waals surface area contributed by atoms with Crippen LogP contribution >= 0.6 is 0 Å². The molecule has 0 saturated carbocycles. The van der Waals surface area contributed by atoms with Gasteiger partial charge in [0.05, 0.1) is 0 Å². The predicted molar refractivity (Wildman–Crippen MR) is 81.2 cm³/mol. The van der Waals surface area contributed by atoms with Crippen LogP contribution in [0.3, 0.4) is 0 Å². The second-order valence-corrected chi connectivity index (χ2v) is 4.65. The Kier molecular flexibility index (Phi) is 3.82. The zero-order valence-electron chi connectivity index (χ0n) is 11.4. The Morgan fingerprint density at radius 1 is 1.14 bits per heavy atom. The van der Waals surface area contributed by atoms with Gasteiger partial charge < -0.3 is 15.1 Å². The van der Waals surface area contributed by atoms with E-state index in [4.69, 9.17) is 4.42 Å². The number of oxazole rings is 1. The number of carbonyl (C=O) groups is 1. The molecule has 0 saturated heterocycles. The van der Waals surface area contributed by atoms with Gasteiger partial charge in [0, 0.05) is 12.2 Å². The molecule has 2 aromatic carbocycles. The van der Waals surface area contributed by atoms with Gasteiger partial charge in [-0.25, -0.2) is 9.78 Å². The number of anilines is 1. The molecule has 2 N–H and O–H groups in total. The first kappa shape index (κ1) is 13.2. The van der Waals surface area contributed by atoms with Gasteiger partial charge >= 0.3 is 6.03 Å². The van der Waals surface area contributed by atoms with Gasteiger partial charge in [-0.2, -0.15) is 0 Å². The molecule has 5 heteroatoms. The Morgan fingerprint density at radius 3 is 2.86 bits per heavy atom. The van der Waals surface area contributed by atoms with Crippen molar-refractivity contribution in [2.45, 2.75) is 6.42 Å². The number of nitrogens with zero attached hydrogens (tertiary/aromatic N) is 1. The second-order valence-electron chi connectivity index (χ2n) is 4.65. The summed E-state index contributed by atoms with van der Waals surface area (Å²) in [6.45, 7) is 0.558. The number of hydrogen-bond donors (Lipinski definition) is 2. The summed E-state index contributed by atoms with van der Waals surface area (Å²) < 4.78 is 5.19. The summed E-state index contributed by atoms with van der Waals surface area (Å²) in [6, 6.07) is 15.0. The van der Waals surface area contributed by atoms with Crippen LogP contribution in [0.25, 0.3) is 11.1 Å². The van der Waals surface area contributed by atoms with Gasteiger partial charge in [-0.05, 0) is 36.2 Å². The Morgan fingerprint density at radius 2 is 2.00 bits per heavy atom. The summed E-state index contributed by atoms with van der Waals surface area (Å²) in [5, 5.41) is 5.60. The van der Waals surface area contributed by atoms with Crippen LogP contribution in [-0.4, -0.2) is 17.6 Å². The van der Waals surface area contributed by atoms with E-state index < -0.39 is 0 Å². The van der Waals surface area contributed by atoms with Crippen LogP contribution in [0.5, 0.6) is 0 Å². The minimum absolute atomic E-state index is 0.205. The van der Waals surface area contributed by atoms with Crippen molar-refractivity contribution in [3.8, 4) is 0 Å². The molecule has 1 aromatic heterocycles. The van der Waals surface area contributed by atoms with Crippen LogP contribution in [0.2, 0.25) is 0 Å². The number of carbonyl (C=O) groups excluding carboxylic acids is 1. The van der Waals surface area contributed by atoms with E-state index >= 15 is 0 Å². The molecule has 0 bridgehead atoms. The van der Waals surface area contributed by atoms with Crippen LogP contribution in [0.1, 0.15) is 5.56 Å². The molecule has 21 heavy (non-hydrogen) atoms. The van der Waals surface area contributed by atoms with Crippen LogP contribution in [-0.2, 0) is 6.42 Å². The van der Waals surface area contributed by atoms with Gasteiger partial charge in [0.15, 0.2) is 12.0 Å². The molecule has 0 aliphatic carbocycles. The van der Waals surface area contributed by atoms with Gasteiger partial charge in [-0.15, -0.1) is 0 Å². The van der Waals surface area contributed by atoms with Crippen molar-refractivity contribution < 1.29 is 9.21 Å². The van der Waals surface area contributed by atoms with Gasteiger partial charge in [0.25, 0.3) is 0 Å². The molecule has 0 aliphatic heterocycles. The number of aromatic nitrogens is 1. The lowest BCUT2D eigenvalue weighted by atomic mass is 10.1. The van der Waals surface area contributed by atoms with E-state index in [1.54, 1.807) is 0 Å². The summed E-state index contributed by atoms with van der Waals surface area (Å²) >= 11 is 0. The average Bonchev–Trinajstić information content (AvgIpc) is 2.96. The largest absolute Gasteiger partial charge is 0.443 e. The van der Waals surface area contributed by atoms with Gasteiger partial charge in [0.1, 0.15) is 5.52 Å². The predicted octanol–water partition coefficient (Wildman–Crippen LogP) is 3.19. The van der Waals surface area contributed by atoms with E-state index in [0.717, 1.165) is 28.8 Å². The molecule has 0 atom stereocenters. The van der Waals surface area contributed by atoms with Crippen molar-refractivity contribution >= 4 is 22.8 Å². The van der Waals surface area contributed by atoms with E-state index in [2.05, 4.69) is 15.6 Å². The number of urea groups is 1. The lowest BCUT2D eigenvalue weighted by Crippen LogP contribution is -2.30. The summed E-state index contributed by atoms with van der Waals surface area (Å²) in [6.07, 6.45) is 2.17. The maximum absolute atomic E-state index is 11.7. The molecule has 3 rings (SSSR count). The number of hydrogen-bond acceptors (Lipinski definition) is 3. The van der Waals surface area contributed by atoms with Crippen molar-refractivity contribution in [2.75, 3.05) is 11.9 Å². The molecule has 0 aliphatic rings. The molecule has 106 valence electrons. The fourth-order valence-electron chi connectivity index (χ4n) is 2.08. The first-order valence-electron chi connectivity index (χ1n) is 6.73. The van der Waals surface area contributed by atoms with Crippen LogP contribution < -0.4 is 10.6 Å². The number of nitrogens with one attached hydrogen (secondary N) is 2. The molecule has 1 heterocycles. The van der Waals surface area contributed by atoms with Crippen LogP contribution in [0, 0.1) is 0 Å². The lowest BCUT2D eigenvalue weighted by Gasteiger charge is -2.07. The highest BCUT2D eigenvalue weighted by Crippen LogP contribution is 2.14. The Balaban J connectivity index is 1.50. The topological polar surface area (TPSA) is 67.2 Å². The van der Waals surface area contributed by atoms with E-state index in [9.17, 15) is 4.79 Å². The fraction of sp³-hybridized carbons (Fsp3) is 0.125. The van der Waals surface area contributed by atoms with E-state index in [1.807, 2.05) is 48.5 Å². The normalized spacial score (nSPS) is 10.5. The number of para-hydroxylation sites is 1. The third kappa shape index (κ3) is 3.39. The molecular formula is C16H15N3O2. The summed E-state index contributed by atoms with van der Waals surface area (Å²) in [7, 11) is 0. The smallest absolute Gasteiger partial charge is 0.319 e. The van der Waals surface area contributed by atoms with E-state index in [-0.39, 0.29) is 6.03 Å². The highest BCUT2D eigenvalue weighted by molar-refractivity contribution is 5.89. The molecule has 5 nitrogen and oxygen atoms in total. The van der Waals surface area contributed by atoms with Crippen LogP contribution in [0.15, 0.2) is 59.3 Å². The molecule has 0 unspecified atom stereocenters. The van der Waals surface area contributed by atoms with E-state index in [0.29, 0.717) is 6.54 Å². The van der Waals surface area contributed by atoms with Crippen LogP contribution in [0.4, 0.5) is 10.5 Å². The van der Waals surface area contributed by atoms with E-state index in [1.165, 1.54) is 6.39 Å². The minimum atomic E-state index is -0.205. The number of amides is 2. The molecule has 0 spiro atoms. The fourth-order valence-corrected chi connectivity index (χ4v) is 2.08. The molecular weight excluding hydrogens is 266 g/mol. The van der Waals surface area contributed by atoms with Gasteiger partial charge in [-0.1, -0.05) is 24.3 Å². The molecule has 0 fully saturated rings. The average molecular weight is 281 g/mol. The number of fused-ring (bicyclic) bond motifs is 1. The standard InChI is InChI=1S/C16H15N3O2/c20-16(19-13-4-2-1-3-5-13)17-9-8-12-6-7-15-14(10-12)18-11-21-15/h1-7,10-11H,8-9H2,(H2,17,19,20). The summed E-state index contributed by atoms with van der Waals surface area (Å²) in [5.41, 5.74) is 3.49. The van der Waals surface area contributed by atoms with Crippen molar-refractivity contribution in [1.82, 2.24) is 10.3 Å². The molecule has 2 amide bonds. The number of rotatable bonds is 4. The van der Waals surface area contributed by atoms with Gasteiger partial charge in [-0.3, -0.25) is 0 Å². The Hall–Kier alpha value is -2.82. The highest BCUT2D eigenvalue weighted by Gasteiger charge is 2.03. The summed E-state index contributed by atoms with van der Waals surface area (Å²) in [4.78, 5) is 15.8. The third-order valence-electron chi connectivity index (χ3n) is 3.13. The molecule has 0 radical (unpaired) electrons. The maximum atomic E-state index is 11.7. The van der Waals surface area contributed by atoms with Gasteiger partial charge in [0.2, 0.25) is 0 Å². The monoisotopic (exact) mass is 281 g/mol. The quantitative estimate of drug-likeness (QED) is 0.771. The molecule has 3 aromatic rings. The van der Waals surface area contributed by atoms with Crippen molar-refractivity contribution in [2.24, 2.45) is 0 Å². The maximum Gasteiger partial charge on any atom is 0.319 e. The second kappa shape index (κ2) is 6.09. The first-order valence-corrected chi connectivity index (χ1v) is 6.73. The zero-order valence-corrected chi connectivity index (χ0v) is 11.4. The van der Waals surface area contributed by atoms with Crippen molar-refractivity contribution in [1.29, 1.82) is 0 Å². The lowest BCUT2D eigenvalue weighted by molar-refractivity contribution is 0.252. The summed E-state index contributed by atoms with van der Waals surface area (Å²) in [5.74, 6) is 0. The Bertz CT molecular complexity index is 737.